The number of hydrogen-bond acceptors (Lipinski definition) is 3. The highest BCUT2D eigenvalue weighted by Crippen LogP contribution is 1.98. The van der Waals surface area contributed by atoms with Gasteiger partial charge in [-0.2, -0.15) is 0 Å². The summed E-state index contributed by atoms with van der Waals surface area (Å²) in [7, 11) is 4.16. The molecule has 14 heavy (non-hydrogen) atoms. The van der Waals surface area contributed by atoms with Crippen molar-refractivity contribution >= 4 is 0 Å². The molecule has 0 heterocycles. The van der Waals surface area contributed by atoms with Crippen molar-refractivity contribution in [3.05, 3.63) is 0 Å². The summed E-state index contributed by atoms with van der Waals surface area (Å²) in [4.78, 5) is 2.36. The van der Waals surface area contributed by atoms with Crippen LogP contribution < -0.4 is 5.32 Å². The van der Waals surface area contributed by atoms with Gasteiger partial charge >= 0.3 is 0 Å². The fraction of sp³-hybridized carbons (Fsp3) is 1.00. The number of rotatable bonds is 10. The number of aliphatic hydroxyl groups excluding tert-OH is 1. The Balaban J connectivity index is 3.06. The Morgan fingerprint density at radius 2 is 1.64 bits per heavy atom. The summed E-state index contributed by atoms with van der Waals surface area (Å²) in [6.07, 6.45) is 5.93. The number of nitrogens with zero attached hydrogens (tertiary/aromatic N) is 1. The van der Waals surface area contributed by atoms with E-state index in [-0.39, 0.29) is 0 Å². The molecule has 0 bridgehead atoms. The van der Waals surface area contributed by atoms with Crippen LogP contribution in [0.25, 0.3) is 0 Å². The molecule has 3 nitrogen and oxygen atoms in total. The van der Waals surface area contributed by atoms with Gasteiger partial charge in [-0.05, 0) is 59.4 Å². The molecule has 0 aliphatic heterocycles. The lowest BCUT2D eigenvalue weighted by Crippen LogP contribution is -2.21. The van der Waals surface area contributed by atoms with Crippen molar-refractivity contribution in [2.45, 2.75) is 32.1 Å². The smallest absolute Gasteiger partial charge is 0.0431 e. The lowest BCUT2D eigenvalue weighted by Gasteiger charge is -2.15. The van der Waals surface area contributed by atoms with Crippen LogP contribution in [0.1, 0.15) is 32.1 Å². The van der Waals surface area contributed by atoms with E-state index in [2.05, 4.69) is 17.3 Å². The molecular weight excluding hydrogens is 176 g/mol. The predicted octanol–water partition coefficient (Wildman–Crippen LogP) is 1.08. The van der Waals surface area contributed by atoms with Gasteiger partial charge in [-0.15, -0.1) is 0 Å². The van der Waals surface area contributed by atoms with Crippen LogP contribution in [0.15, 0.2) is 0 Å². The van der Waals surface area contributed by atoms with Crippen LogP contribution in [-0.4, -0.2) is 50.3 Å². The minimum absolute atomic E-state index is 0.329. The highest BCUT2D eigenvalue weighted by molar-refractivity contribution is 4.53. The SMILES string of the molecule is CNCCCCCN(C)CCCCO. The van der Waals surface area contributed by atoms with Crippen molar-refractivity contribution in [3.8, 4) is 0 Å². The van der Waals surface area contributed by atoms with Crippen molar-refractivity contribution in [2.75, 3.05) is 40.3 Å². The van der Waals surface area contributed by atoms with Gasteiger partial charge in [-0.25, -0.2) is 0 Å². The largest absolute Gasteiger partial charge is 0.396 e. The third-order valence-electron chi connectivity index (χ3n) is 2.41. The van der Waals surface area contributed by atoms with Gasteiger partial charge < -0.3 is 15.3 Å². The molecule has 0 radical (unpaired) electrons. The van der Waals surface area contributed by atoms with E-state index < -0.39 is 0 Å². The van der Waals surface area contributed by atoms with Gasteiger partial charge in [0, 0.05) is 6.61 Å². The van der Waals surface area contributed by atoms with Crippen molar-refractivity contribution in [2.24, 2.45) is 0 Å². The predicted molar refractivity (Wildman–Crippen MR) is 61.6 cm³/mol. The fourth-order valence-corrected chi connectivity index (χ4v) is 1.47. The Morgan fingerprint density at radius 1 is 1.00 bits per heavy atom. The van der Waals surface area contributed by atoms with Gasteiger partial charge in [0.05, 0.1) is 0 Å². The van der Waals surface area contributed by atoms with E-state index in [1.165, 1.54) is 25.8 Å². The van der Waals surface area contributed by atoms with Crippen LogP contribution in [0.2, 0.25) is 0 Å². The van der Waals surface area contributed by atoms with Crippen molar-refractivity contribution in [3.63, 3.8) is 0 Å². The summed E-state index contributed by atoms with van der Waals surface area (Å²) in [6.45, 7) is 3.77. The zero-order chi connectivity index (χ0) is 10.6. The molecule has 0 aromatic carbocycles. The maximum atomic E-state index is 8.63. The van der Waals surface area contributed by atoms with Gasteiger partial charge in [-0.1, -0.05) is 6.42 Å². The quantitative estimate of drug-likeness (QED) is 0.520. The number of unbranched alkanes of at least 4 members (excludes halogenated alkanes) is 3. The summed E-state index contributed by atoms with van der Waals surface area (Å²) >= 11 is 0. The Bertz CT molecular complexity index is 109. The Hall–Kier alpha value is -0.120. The summed E-state index contributed by atoms with van der Waals surface area (Å²) in [5, 5.41) is 11.8. The van der Waals surface area contributed by atoms with Crippen LogP contribution in [0, 0.1) is 0 Å². The van der Waals surface area contributed by atoms with E-state index in [1.807, 2.05) is 7.05 Å². The van der Waals surface area contributed by atoms with E-state index in [0.717, 1.165) is 25.9 Å². The average molecular weight is 202 g/mol. The van der Waals surface area contributed by atoms with Gasteiger partial charge in [0.15, 0.2) is 0 Å². The summed E-state index contributed by atoms with van der Waals surface area (Å²) < 4.78 is 0. The molecule has 2 N–H and O–H groups in total. The normalized spacial score (nSPS) is 11.1. The van der Waals surface area contributed by atoms with Crippen LogP contribution in [-0.2, 0) is 0 Å². The summed E-state index contributed by atoms with van der Waals surface area (Å²) in [5.41, 5.74) is 0. The first-order chi connectivity index (χ1) is 6.81. The second-order valence-electron chi connectivity index (χ2n) is 3.90. The minimum Gasteiger partial charge on any atom is -0.396 e. The van der Waals surface area contributed by atoms with E-state index in [1.54, 1.807) is 0 Å². The maximum Gasteiger partial charge on any atom is 0.0431 e. The van der Waals surface area contributed by atoms with E-state index >= 15 is 0 Å². The summed E-state index contributed by atoms with van der Waals surface area (Å²) in [5.74, 6) is 0. The molecule has 0 rings (SSSR count). The van der Waals surface area contributed by atoms with Crippen LogP contribution >= 0.6 is 0 Å². The zero-order valence-corrected chi connectivity index (χ0v) is 9.76. The average Bonchev–Trinajstić information content (AvgIpc) is 2.18. The van der Waals surface area contributed by atoms with Crippen molar-refractivity contribution < 1.29 is 5.11 Å². The molecule has 0 aromatic heterocycles. The van der Waals surface area contributed by atoms with E-state index in [0.29, 0.717) is 6.61 Å². The first-order valence-electron chi connectivity index (χ1n) is 5.75. The number of hydrogen-bond donors (Lipinski definition) is 2. The van der Waals surface area contributed by atoms with Crippen molar-refractivity contribution in [1.29, 1.82) is 0 Å². The Labute approximate surface area is 88.5 Å². The zero-order valence-electron chi connectivity index (χ0n) is 9.76. The standard InChI is InChI=1S/C11H26N2O/c1-12-8-4-3-5-9-13(2)10-6-7-11-14/h12,14H,3-11H2,1-2H3. The molecule has 0 aliphatic rings. The number of nitrogens with one attached hydrogen (secondary N) is 1. The lowest BCUT2D eigenvalue weighted by atomic mass is 10.2. The molecular formula is C11H26N2O. The summed E-state index contributed by atoms with van der Waals surface area (Å²) in [6, 6.07) is 0. The molecule has 0 amide bonds. The number of aliphatic hydroxyl groups is 1. The molecule has 3 heteroatoms. The highest BCUT2D eigenvalue weighted by Gasteiger charge is 1.97. The molecule has 86 valence electrons. The van der Waals surface area contributed by atoms with Crippen LogP contribution in [0.5, 0.6) is 0 Å². The molecule has 0 atom stereocenters. The lowest BCUT2D eigenvalue weighted by molar-refractivity contribution is 0.261. The van der Waals surface area contributed by atoms with Gasteiger partial charge in [0.2, 0.25) is 0 Å². The first kappa shape index (κ1) is 13.9. The third kappa shape index (κ3) is 9.96. The highest BCUT2D eigenvalue weighted by atomic mass is 16.2. The van der Waals surface area contributed by atoms with Crippen LogP contribution in [0.4, 0.5) is 0 Å². The minimum atomic E-state index is 0.329. The van der Waals surface area contributed by atoms with Crippen molar-refractivity contribution in [1.82, 2.24) is 10.2 Å². The molecule has 0 spiro atoms. The topological polar surface area (TPSA) is 35.5 Å². The molecule has 0 saturated carbocycles. The third-order valence-corrected chi connectivity index (χ3v) is 2.41. The Morgan fingerprint density at radius 3 is 2.21 bits per heavy atom. The Kier molecular flexibility index (Phi) is 10.9. The second-order valence-corrected chi connectivity index (χ2v) is 3.90. The van der Waals surface area contributed by atoms with E-state index in [9.17, 15) is 0 Å². The maximum absolute atomic E-state index is 8.63. The fourth-order valence-electron chi connectivity index (χ4n) is 1.47. The monoisotopic (exact) mass is 202 g/mol. The molecule has 0 aliphatic carbocycles. The molecule has 0 aromatic rings. The molecule has 0 unspecified atom stereocenters. The molecule has 0 saturated heterocycles. The molecule has 0 fully saturated rings. The first-order valence-corrected chi connectivity index (χ1v) is 5.75. The van der Waals surface area contributed by atoms with Gasteiger partial charge in [0.1, 0.15) is 0 Å². The second kappa shape index (κ2) is 11.0. The van der Waals surface area contributed by atoms with Gasteiger partial charge in [-0.3, -0.25) is 0 Å². The van der Waals surface area contributed by atoms with E-state index in [4.69, 9.17) is 5.11 Å². The van der Waals surface area contributed by atoms with Gasteiger partial charge in [0.25, 0.3) is 0 Å². The van der Waals surface area contributed by atoms with Crippen LogP contribution in [0.3, 0.4) is 0 Å².